The summed E-state index contributed by atoms with van der Waals surface area (Å²) in [5.41, 5.74) is 3.16. The molecular formula is C25H31N3O2. The summed E-state index contributed by atoms with van der Waals surface area (Å²) in [6.45, 7) is 5.80. The van der Waals surface area contributed by atoms with Crippen molar-refractivity contribution < 1.29 is 9.59 Å². The van der Waals surface area contributed by atoms with Gasteiger partial charge in [-0.3, -0.25) is 14.5 Å². The molecule has 1 N–H and O–H groups in total. The molecule has 2 heterocycles. The summed E-state index contributed by atoms with van der Waals surface area (Å²) in [4.78, 5) is 29.6. The van der Waals surface area contributed by atoms with Gasteiger partial charge >= 0.3 is 0 Å². The van der Waals surface area contributed by atoms with Crippen LogP contribution in [0.25, 0.3) is 0 Å². The third-order valence-electron chi connectivity index (χ3n) is 6.36. The minimum Gasteiger partial charge on any atom is -0.335 e. The Morgan fingerprint density at radius 1 is 1.03 bits per heavy atom. The fourth-order valence-electron chi connectivity index (χ4n) is 4.51. The number of nitrogens with one attached hydrogen (secondary N) is 1. The second-order valence-electron chi connectivity index (χ2n) is 8.56. The van der Waals surface area contributed by atoms with Crippen LogP contribution < -0.4 is 5.32 Å². The van der Waals surface area contributed by atoms with Crippen LogP contribution in [0.3, 0.4) is 0 Å². The topological polar surface area (TPSA) is 52.7 Å². The molecule has 5 heteroatoms. The summed E-state index contributed by atoms with van der Waals surface area (Å²) in [6, 6.07) is 18.1. The van der Waals surface area contributed by atoms with E-state index in [9.17, 15) is 9.59 Å². The van der Waals surface area contributed by atoms with Crippen molar-refractivity contribution in [2.24, 2.45) is 5.92 Å². The quantitative estimate of drug-likeness (QED) is 0.783. The molecule has 0 radical (unpaired) electrons. The Hall–Kier alpha value is -2.66. The van der Waals surface area contributed by atoms with Crippen LogP contribution >= 0.6 is 0 Å². The van der Waals surface area contributed by atoms with E-state index in [1.54, 1.807) is 0 Å². The lowest BCUT2D eigenvalue weighted by Gasteiger charge is -2.26. The number of rotatable bonds is 6. The third kappa shape index (κ3) is 4.90. The molecule has 0 spiro atoms. The molecular weight excluding hydrogens is 374 g/mol. The zero-order chi connectivity index (χ0) is 20.9. The second kappa shape index (κ2) is 9.43. The Bertz CT molecular complexity index is 860. The van der Waals surface area contributed by atoms with Gasteiger partial charge in [-0.2, -0.15) is 0 Å². The van der Waals surface area contributed by atoms with Crippen molar-refractivity contribution in [3.05, 3.63) is 65.7 Å². The number of hydrogen-bond acceptors (Lipinski definition) is 3. The van der Waals surface area contributed by atoms with E-state index in [2.05, 4.69) is 22.3 Å². The van der Waals surface area contributed by atoms with Crippen LogP contribution in [0.4, 0.5) is 5.69 Å². The number of nitrogens with zero attached hydrogens (tertiary/aromatic N) is 2. The summed E-state index contributed by atoms with van der Waals surface area (Å²) in [6.07, 6.45) is 4.19. The summed E-state index contributed by atoms with van der Waals surface area (Å²) in [5, 5.41) is 3.00. The normalized spacial score (nSPS) is 20.9. The standard InChI is InChI=1S/C25H31N3O2/c1-19(21-8-4-2-5-9-21)28-18-22(16-24(28)29)25(30)26-23-12-10-20(11-13-23)17-27-14-6-3-7-15-27/h2,4-5,8-13,19,22H,3,6-7,14-18H2,1H3,(H,26,30). The smallest absolute Gasteiger partial charge is 0.229 e. The fraction of sp³-hybridized carbons (Fsp3) is 0.440. The molecule has 0 bridgehead atoms. The SMILES string of the molecule is CC(c1ccccc1)N1CC(C(=O)Nc2ccc(CN3CCCCC3)cc2)CC1=O. The number of carbonyl (C=O) groups is 2. The zero-order valence-electron chi connectivity index (χ0n) is 17.7. The molecule has 0 aliphatic carbocycles. The highest BCUT2D eigenvalue weighted by atomic mass is 16.2. The summed E-state index contributed by atoms with van der Waals surface area (Å²) in [7, 11) is 0. The van der Waals surface area contributed by atoms with Crippen LogP contribution in [0.15, 0.2) is 54.6 Å². The first-order chi connectivity index (χ1) is 14.6. The molecule has 2 fully saturated rings. The van der Waals surface area contributed by atoms with Crippen molar-refractivity contribution in [3.8, 4) is 0 Å². The van der Waals surface area contributed by atoms with Crippen LogP contribution in [0.2, 0.25) is 0 Å². The van der Waals surface area contributed by atoms with Crippen LogP contribution in [-0.2, 0) is 16.1 Å². The summed E-state index contributed by atoms with van der Waals surface area (Å²) < 4.78 is 0. The summed E-state index contributed by atoms with van der Waals surface area (Å²) >= 11 is 0. The van der Waals surface area contributed by atoms with Crippen molar-refractivity contribution in [2.75, 3.05) is 25.0 Å². The maximum absolute atomic E-state index is 12.8. The molecule has 2 saturated heterocycles. The van der Waals surface area contributed by atoms with E-state index in [1.165, 1.54) is 37.9 Å². The molecule has 2 atom stereocenters. The second-order valence-corrected chi connectivity index (χ2v) is 8.56. The third-order valence-corrected chi connectivity index (χ3v) is 6.36. The van der Waals surface area contributed by atoms with Gasteiger partial charge in [-0.25, -0.2) is 0 Å². The zero-order valence-corrected chi connectivity index (χ0v) is 17.7. The van der Waals surface area contributed by atoms with Crippen molar-refractivity contribution in [3.63, 3.8) is 0 Å². The molecule has 5 nitrogen and oxygen atoms in total. The van der Waals surface area contributed by atoms with Crippen LogP contribution in [0.5, 0.6) is 0 Å². The summed E-state index contributed by atoms with van der Waals surface area (Å²) in [5.74, 6) is -0.338. The van der Waals surface area contributed by atoms with Gasteiger partial charge in [0.05, 0.1) is 12.0 Å². The largest absolute Gasteiger partial charge is 0.335 e. The fourth-order valence-corrected chi connectivity index (χ4v) is 4.51. The Labute approximate surface area is 179 Å². The molecule has 158 valence electrons. The van der Waals surface area contributed by atoms with Gasteiger partial charge < -0.3 is 10.2 Å². The van der Waals surface area contributed by atoms with Crippen molar-refractivity contribution >= 4 is 17.5 Å². The number of carbonyl (C=O) groups excluding carboxylic acids is 2. The van der Waals surface area contributed by atoms with E-state index < -0.39 is 0 Å². The molecule has 2 aliphatic rings. The predicted octanol–water partition coefficient (Wildman–Crippen LogP) is 4.22. The van der Waals surface area contributed by atoms with Gasteiger partial charge in [0, 0.05) is 25.2 Å². The monoisotopic (exact) mass is 405 g/mol. The number of likely N-dealkylation sites (tertiary alicyclic amines) is 2. The lowest BCUT2D eigenvalue weighted by Crippen LogP contribution is -2.30. The lowest BCUT2D eigenvalue weighted by molar-refractivity contribution is -0.129. The number of hydrogen-bond donors (Lipinski definition) is 1. The first-order valence-corrected chi connectivity index (χ1v) is 11.1. The van der Waals surface area contributed by atoms with Gasteiger partial charge in [0.2, 0.25) is 11.8 Å². The van der Waals surface area contributed by atoms with E-state index in [4.69, 9.17) is 0 Å². The molecule has 2 aromatic carbocycles. The van der Waals surface area contributed by atoms with Gasteiger partial charge in [-0.1, -0.05) is 48.9 Å². The maximum Gasteiger partial charge on any atom is 0.229 e. The molecule has 2 aliphatic heterocycles. The van der Waals surface area contributed by atoms with E-state index in [1.807, 2.05) is 54.3 Å². The minimum atomic E-state index is -0.309. The van der Waals surface area contributed by atoms with Gasteiger partial charge in [-0.05, 0) is 56.1 Å². The highest BCUT2D eigenvalue weighted by Crippen LogP contribution is 2.29. The maximum atomic E-state index is 12.8. The number of piperidine rings is 1. The van der Waals surface area contributed by atoms with Crippen molar-refractivity contribution in [1.82, 2.24) is 9.80 Å². The Balaban J connectivity index is 1.32. The Morgan fingerprint density at radius 3 is 2.43 bits per heavy atom. The van der Waals surface area contributed by atoms with E-state index >= 15 is 0 Å². The van der Waals surface area contributed by atoms with Crippen molar-refractivity contribution in [2.45, 2.75) is 45.2 Å². The lowest BCUT2D eigenvalue weighted by atomic mass is 10.1. The van der Waals surface area contributed by atoms with Crippen LogP contribution in [0, 0.1) is 5.92 Å². The molecule has 2 amide bonds. The Kier molecular flexibility index (Phi) is 6.48. The molecule has 0 aromatic heterocycles. The van der Waals surface area contributed by atoms with Gasteiger partial charge in [-0.15, -0.1) is 0 Å². The predicted molar refractivity (Wildman–Crippen MR) is 119 cm³/mol. The Morgan fingerprint density at radius 2 is 1.73 bits per heavy atom. The number of benzene rings is 2. The molecule has 4 rings (SSSR count). The van der Waals surface area contributed by atoms with Crippen LogP contribution in [0.1, 0.15) is 49.8 Å². The average molecular weight is 406 g/mol. The van der Waals surface area contributed by atoms with E-state index in [-0.39, 0.29) is 30.2 Å². The highest BCUT2D eigenvalue weighted by Gasteiger charge is 2.37. The molecule has 0 saturated carbocycles. The van der Waals surface area contributed by atoms with Crippen LogP contribution in [-0.4, -0.2) is 41.2 Å². The van der Waals surface area contributed by atoms with Gasteiger partial charge in [0.15, 0.2) is 0 Å². The molecule has 30 heavy (non-hydrogen) atoms. The van der Waals surface area contributed by atoms with Gasteiger partial charge in [0.1, 0.15) is 0 Å². The highest BCUT2D eigenvalue weighted by molar-refractivity contribution is 5.97. The van der Waals surface area contributed by atoms with Gasteiger partial charge in [0.25, 0.3) is 0 Å². The molecule has 2 aromatic rings. The average Bonchev–Trinajstić information content (AvgIpc) is 3.18. The van der Waals surface area contributed by atoms with Crippen molar-refractivity contribution in [1.29, 1.82) is 0 Å². The first-order valence-electron chi connectivity index (χ1n) is 11.1. The van der Waals surface area contributed by atoms with E-state index in [0.29, 0.717) is 6.54 Å². The number of amides is 2. The number of anilines is 1. The minimum absolute atomic E-state index is 0.0226. The molecule has 2 unspecified atom stereocenters. The van der Waals surface area contributed by atoms with E-state index in [0.717, 1.165) is 17.8 Å². The first kappa shape index (κ1) is 20.6.